The van der Waals surface area contributed by atoms with Crippen molar-refractivity contribution in [1.29, 1.82) is 0 Å². The third kappa shape index (κ3) is 4.87. The van der Waals surface area contributed by atoms with Gasteiger partial charge in [0.05, 0.1) is 0 Å². The highest BCUT2D eigenvalue weighted by atomic mass is 16.1. The summed E-state index contributed by atoms with van der Waals surface area (Å²) in [5, 5.41) is 13.0. The van der Waals surface area contributed by atoms with Gasteiger partial charge in [0.15, 0.2) is 0 Å². The number of fused-ring (bicyclic) bond motifs is 1. The van der Waals surface area contributed by atoms with Gasteiger partial charge >= 0.3 is 0 Å². The van der Waals surface area contributed by atoms with Crippen LogP contribution in [0.3, 0.4) is 0 Å². The molecule has 2 aliphatic rings. The van der Waals surface area contributed by atoms with Gasteiger partial charge in [-0.25, -0.2) is 4.98 Å². The number of carbonyl (C=O) groups is 1. The molecule has 1 aliphatic heterocycles. The molecule has 1 saturated carbocycles. The molecule has 3 heterocycles. The van der Waals surface area contributed by atoms with Crippen molar-refractivity contribution < 1.29 is 4.79 Å². The molecule has 5 rings (SSSR count). The summed E-state index contributed by atoms with van der Waals surface area (Å²) in [5.41, 5.74) is 6.03. The fraction of sp³-hybridized carbons (Fsp3) is 0.385. The summed E-state index contributed by atoms with van der Waals surface area (Å²) in [6.45, 7) is 7.96. The number of amides is 1. The van der Waals surface area contributed by atoms with E-state index in [2.05, 4.69) is 55.3 Å². The van der Waals surface area contributed by atoms with Gasteiger partial charge in [-0.1, -0.05) is 13.0 Å². The molecule has 4 N–H and O–H groups in total. The van der Waals surface area contributed by atoms with Crippen molar-refractivity contribution in [2.24, 2.45) is 0 Å². The van der Waals surface area contributed by atoms with Crippen LogP contribution < -0.4 is 21.3 Å². The molecule has 1 amide bonds. The summed E-state index contributed by atoms with van der Waals surface area (Å²) >= 11 is 0. The van der Waals surface area contributed by atoms with Crippen molar-refractivity contribution >= 4 is 29.0 Å². The second kappa shape index (κ2) is 9.02. The zero-order valence-electron chi connectivity index (χ0n) is 19.9. The van der Waals surface area contributed by atoms with E-state index >= 15 is 0 Å². The number of carbonyl (C=O) groups excluding carboxylic acids is 1. The number of rotatable bonds is 7. The molecule has 3 aromatic rings. The van der Waals surface area contributed by atoms with Gasteiger partial charge in [0.2, 0.25) is 5.95 Å². The quantitative estimate of drug-likeness (QED) is 0.422. The Kier molecular flexibility index (Phi) is 5.91. The van der Waals surface area contributed by atoms with Gasteiger partial charge in [-0.15, -0.1) is 0 Å². The minimum absolute atomic E-state index is 0.00507. The van der Waals surface area contributed by atoms with E-state index < -0.39 is 0 Å². The minimum Gasteiger partial charge on any atom is -0.350 e. The van der Waals surface area contributed by atoms with E-state index in [1.165, 1.54) is 11.1 Å². The molecule has 8 nitrogen and oxygen atoms in total. The van der Waals surface area contributed by atoms with Gasteiger partial charge < -0.3 is 21.3 Å². The number of aromatic nitrogens is 3. The highest BCUT2D eigenvalue weighted by molar-refractivity contribution is 5.99. The maximum atomic E-state index is 12.9. The SMILES string of the molecule is CC(C)NC(=O)c1cnc(Nc2ccc3c(c2)CCNC3)nc1Nc1ccnc(C2(C)CC2)c1. The number of benzene rings is 1. The van der Waals surface area contributed by atoms with E-state index in [9.17, 15) is 4.79 Å². The van der Waals surface area contributed by atoms with Crippen LogP contribution in [0.1, 0.15) is 60.8 Å². The van der Waals surface area contributed by atoms with E-state index in [0.29, 0.717) is 17.3 Å². The maximum Gasteiger partial charge on any atom is 0.256 e. The monoisotopic (exact) mass is 457 g/mol. The summed E-state index contributed by atoms with van der Waals surface area (Å²) in [6, 6.07) is 10.3. The molecule has 34 heavy (non-hydrogen) atoms. The van der Waals surface area contributed by atoms with Crippen LogP contribution >= 0.6 is 0 Å². The van der Waals surface area contributed by atoms with E-state index in [1.807, 2.05) is 32.0 Å². The molecule has 1 aromatic carbocycles. The molecule has 2 aromatic heterocycles. The zero-order valence-corrected chi connectivity index (χ0v) is 19.9. The van der Waals surface area contributed by atoms with Gasteiger partial charge in [0.1, 0.15) is 11.4 Å². The van der Waals surface area contributed by atoms with Gasteiger partial charge in [0, 0.05) is 47.5 Å². The zero-order chi connectivity index (χ0) is 23.7. The highest BCUT2D eigenvalue weighted by Crippen LogP contribution is 2.47. The Morgan fingerprint density at radius 3 is 2.68 bits per heavy atom. The average molecular weight is 458 g/mol. The van der Waals surface area contributed by atoms with Crippen LogP contribution in [0, 0.1) is 0 Å². The molecule has 0 spiro atoms. The maximum absolute atomic E-state index is 12.9. The topological polar surface area (TPSA) is 104 Å². The van der Waals surface area contributed by atoms with Crippen LogP contribution in [-0.4, -0.2) is 33.4 Å². The molecular formula is C26H31N7O. The van der Waals surface area contributed by atoms with E-state index in [-0.39, 0.29) is 17.4 Å². The fourth-order valence-electron chi connectivity index (χ4n) is 4.15. The number of nitrogens with one attached hydrogen (secondary N) is 4. The van der Waals surface area contributed by atoms with Crippen molar-refractivity contribution in [3.8, 4) is 0 Å². The van der Waals surface area contributed by atoms with Gasteiger partial charge in [0.25, 0.3) is 5.91 Å². The van der Waals surface area contributed by atoms with Crippen molar-refractivity contribution in [1.82, 2.24) is 25.6 Å². The number of hydrogen-bond acceptors (Lipinski definition) is 7. The lowest BCUT2D eigenvalue weighted by molar-refractivity contribution is 0.0943. The number of anilines is 4. The Bertz CT molecular complexity index is 1220. The Hall–Kier alpha value is -3.52. The van der Waals surface area contributed by atoms with Gasteiger partial charge in [-0.05, 0) is 75.0 Å². The number of nitrogens with zero attached hydrogens (tertiary/aromatic N) is 3. The second-order valence-electron chi connectivity index (χ2n) is 9.73. The summed E-state index contributed by atoms with van der Waals surface area (Å²) in [5.74, 6) is 0.672. The van der Waals surface area contributed by atoms with Gasteiger partial charge in [-0.2, -0.15) is 4.98 Å². The van der Waals surface area contributed by atoms with E-state index in [0.717, 1.165) is 49.4 Å². The molecule has 0 atom stereocenters. The van der Waals surface area contributed by atoms with Crippen molar-refractivity contribution in [3.63, 3.8) is 0 Å². The third-order valence-electron chi connectivity index (χ3n) is 6.44. The molecular weight excluding hydrogens is 426 g/mol. The third-order valence-corrected chi connectivity index (χ3v) is 6.44. The van der Waals surface area contributed by atoms with Crippen molar-refractivity contribution in [2.75, 3.05) is 17.2 Å². The normalized spacial score (nSPS) is 16.0. The summed E-state index contributed by atoms with van der Waals surface area (Å²) in [7, 11) is 0. The molecule has 0 saturated heterocycles. The molecule has 0 bridgehead atoms. The Balaban J connectivity index is 1.44. The van der Waals surface area contributed by atoms with Crippen LogP contribution in [0.4, 0.5) is 23.1 Å². The molecule has 0 radical (unpaired) electrons. The largest absolute Gasteiger partial charge is 0.350 e. The first-order valence-electron chi connectivity index (χ1n) is 11.9. The molecule has 0 unspecified atom stereocenters. The second-order valence-corrected chi connectivity index (χ2v) is 9.73. The lowest BCUT2D eigenvalue weighted by atomic mass is 10.0. The lowest BCUT2D eigenvalue weighted by Crippen LogP contribution is -2.31. The number of pyridine rings is 1. The predicted molar refractivity (Wildman–Crippen MR) is 134 cm³/mol. The van der Waals surface area contributed by atoms with Gasteiger partial charge in [-0.3, -0.25) is 9.78 Å². The van der Waals surface area contributed by atoms with Crippen LogP contribution in [0.5, 0.6) is 0 Å². The standard InChI is InChI=1S/C26H31N7O/c1-16(2)30-24(34)21-15-29-25(32-19-5-4-18-14-27-10-6-17(18)12-19)33-23(21)31-20-7-11-28-22(13-20)26(3)8-9-26/h4-5,7,11-13,15-16,27H,6,8-10,14H2,1-3H3,(H,30,34)(H2,28,29,31,32,33). The van der Waals surface area contributed by atoms with Crippen LogP contribution in [0.25, 0.3) is 0 Å². The minimum atomic E-state index is -0.214. The Morgan fingerprint density at radius 1 is 1.06 bits per heavy atom. The summed E-state index contributed by atoms with van der Waals surface area (Å²) in [4.78, 5) is 26.5. The lowest BCUT2D eigenvalue weighted by Gasteiger charge is -2.18. The molecule has 1 aliphatic carbocycles. The first kappa shape index (κ1) is 22.3. The molecule has 176 valence electrons. The smallest absolute Gasteiger partial charge is 0.256 e. The first-order valence-corrected chi connectivity index (χ1v) is 11.9. The fourth-order valence-corrected chi connectivity index (χ4v) is 4.15. The Labute approximate surface area is 200 Å². The van der Waals surface area contributed by atoms with E-state index in [1.54, 1.807) is 12.4 Å². The summed E-state index contributed by atoms with van der Waals surface area (Å²) in [6.07, 6.45) is 6.66. The molecule has 8 heteroatoms. The predicted octanol–water partition coefficient (Wildman–Crippen LogP) is 4.19. The average Bonchev–Trinajstić information content (AvgIpc) is 3.57. The molecule has 1 fully saturated rings. The summed E-state index contributed by atoms with van der Waals surface area (Å²) < 4.78 is 0. The first-order chi connectivity index (χ1) is 16.4. The highest BCUT2D eigenvalue weighted by Gasteiger charge is 2.40. The van der Waals surface area contributed by atoms with E-state index in [4.69, 9.17) is 0 Å². The number of hydrogen-bond donors (Lipinski definition) is 4. The van der Waals surface area contributed by atoms with Crippen molar-refractivity contribution in [2.45, 2.75) is 58.0 Å². The Morgan fingerprint density at radius 2 is 1.88 bits per heavy atom. The van der Waals surface area contributed by atoms with Crippen LogP contribution in [-0.2, 0) is 18.4 Å². The van der Waals surface area contributed by atoms with Crippen LogP contribution in [0.15, 0.2) is 42.7 Å². The van der Waals surface area contributed by atoms with Crippen molar-refractivity contribution in [3.05, 3.63) is 65.1 Å². The van der Waals surface area contributed by atoms with Crippen LogP contribution in [0.2, 0.25) is 0 Å².